The van der Waals surface area contributed by atoms with Gasteiger partial charge in [0.05, 0.1) is 11.8 Å². The van der Waals surface area contributed by atoms with Gasteiger partial charge in [0.15, 0.2) is 0 Å². The zero-order valence-corrected chi connectivity index (χ0v) is 11.1. The first-order valence-electron chi connectivity index (χ1n) is 5.99. The maximum absolute atomic E-state index is 13.8. The summed E-state index contributed by atoms with van der Waals surface area (Å²) in [5.41, 5.74) is 1.36. The van der Waals surface area contributed by atoms with Gasteiger partial charge in [-0.15, -0.1) is 0 Å². The zero-order chi connectivity index (χ0) is 15.4. The molecule has 1 aromatic carbocycles. The number of nitrogens with one attached hydrogen (secondary N) is 2. The van der Waals surface area contributed by atoms with Crippen LogP contribution in [0.5, 0.6) is 0 Å². The number of aromatic amines is 1. The molecule has 1 aromatic heterocycles. The summed E-state index contributed by atoms with van der Waals surface area (Å²) in [5, 5.41) is 17.4. The van der Waals surface area contributed by atoms with E-state index in [0.717, 1.165) is 18.2 Å². The summed E-state index contributed by atoms with van der Waals surface area (Å²) in [4.78, 5) is 22.3. The first-order chi connectivity index (χ1) is 9.97. The largest absolute Gasteiger partial charge is 0.478 e. The van der Waals surface area contributed by atoms with Crippen LogP contribution in [-0.4, -0.2) is 27.2 Å². The fraction of sp³-hybridized carbons (Fsp3) is 0.0714. The molecule has 0 aliphatic heterocycles. The monoisotopic (exact) mass is 289 g/mol. The van der Waals surface area contributed by atoms with Crippen molar-refractivity contribution >= 4 is 23.6 Å². The summed E-state index contributed by atoms with van der Waals surface area (Å²) < 4.78 is 13.8. The Morgan fingerprint density at radius 2 is 2.19 bits per heavy atom. The van der Waals surface area contributed by atoms with Gasteiger partial charge in [0.25, 0.3) is 5.91 Å². The number of carbonyl (C=O) groups excluding carboxylic acids is 1. The molecule has 0 radical (unpaired) electrons. The number of hydrogen-bond acceptors (Lipinski definition) is 3. The Hall–Kier alpha value is -2.96. The Morgan fingerprint density at radius 3 is 2.76 bits per heavy atom. The maximum Gasteiger partial charge on any atom is 0.328 e. The molecule has 2 rings (SSSR count). The summed E-state index contributed by atoms with van der Waals surface area (Å²) in [6.07, 6.45) is 3.36. The van der Waals surface area contributed by atoms with Gasteiger partial charge in [-0.25, -0.2) is 9.18 Å². The van der Waals surface area contributed by atoms with Crippen molar-refractivity contribution in [1.82, 2.24) is 10.2 Å². The molecule has 1 amide bonds. The minimum absolute atomic E-state index is 0.120. The van der Waals surface area contributed by atoms with Crippen molar-refractivity contribution in [2.45, 2.75) is 6.92 Å². The highest BCUT2D eigenvalue weighted by Crippen LogP contribution is 2.17. The number of H-pyrrole nitrogens is 1. The maximum atomic E-state index is 13.8. The number of amides is 1. The van der Waals surface area contributed by atoms with E-state index in [-0.39, 0.29) is 11.3 Å². The summed E-state index contributed by atoms with van der Waals surface area (Å²) in [7, 11) is 0. The lowest BCUT2D eigenvalue weighted by Crippen LogP contribution is -2.12. The van der Waals surface area contributed by atoms with Gasteiger partial charge < -0.3 is 10.4 Å². The third-order valence-electron chi connectivity index (χ3n) is 2.74. The number of carboxylic acid groups (broad SMARTS) is 1. The van der Waals surface area contributed by atoms with Gasteiger partial charge in [-0.05, 0) is 31.2 Å². The quantitative estimate of drug-likeness (QED) is 0.752. The number of carbonyl (C=O) groups is 2. The number of rotatable bonds is 4. The van der Waals surface area contributed by atoms with E-state index in [1.54, 1.807) is 6.92 Å². The molecule has 1 heterocycles. The highest BCUT2D eigenvalue weighted by Gasteiger charge is 2.11. The van der Waals surface area contributed by atoms with Crippen molar-refractivity contribution in [3.8, 4) is 0 Å². The smallest absolute Gasteiger partial charge is 0.328 e. The van der Waals surface area contributed by atoms with E-state index in [2.05, 4.69) is 15.5 Å². The molecule has 6 nitrogen and oxygen atoms in total. The van der Waals surface area contributed by atoms with E-state index in [1.807, 2.05) is 0 Å². The molecule has 0 saturated carbocycles. The van der Waals surface area contributed by atoms with E-state index < -0.39 is 17.7 Å². The molecule has 2 aromatic rings. The summed E-state index contributed by atoms with van der Waals surface area (Å²) >= 11 is 0. The second-order valence-corrected chi connectivity index (χ2v) is 4.27. The normalized spacial score (nSPS) is 10.8. The van der Waals surface area contributed by atoms with Crippen LogP contribution in [0.15, 0.2) is 30.5 Å². The molecule has 0 atom stereocenters. The molecule has 0 bridgehead atoms. The predicted octanol–water partition coefficient (Wildman–Crippen LogP) is 2.21. The number of aliphatic carboxylic acids is 1. The molecular formula is C14H12FN3O3. The topological polar surface area (TPSA) is 95.1 Å². The molecule has 108 valence electrons. The fourth-order valence-electron chi connectivity index (χ4n) is 1.68. The van der Waals surface area contributed by atoms with Gasteiger partial charge in [-0.3, -0.25) is 9.89 Å². The molecule has 0 fully saturated rings. The lowest BCUT2D eigenvalue weighted by atomic mass is 10.1. The lowest BCUT2D eigenvalue weighted by Gasteiger charge is -2.05. The number of nitrogens with zero attached hydrogens (tertiary/aromatic N) is 1. The van der Waals surface area contributed by atoms with Crippen molar-refractivity contribution in [2.75, 3.05) is 5.32 Å². The SMILES string of the molecule is Cc1[nH]ncc1C(=O)Nc1ccc(C=CC(=O)O)c(F)c1. The first-order valence-corrected chi connectivity index (χ1v) is 5.99. The minimum Gasteiger partial charge on any atom is -0.478 e. The number of halogens is 1. The molecule has 7 heteroatoms. The van der Waals surface area contributed by atoms with Crippen molar-refractivity contribution in [3.63, 3.8) is 0 Å². The molecule has 0 saturated heterocycles. The van der Waals surface area contributed by atoms with Crippen molar-refractivity contribution < 1.29 is 19.1 Å². The van der Waals surface area contributed by atoms with E-state index in [4.69, 9.17) is 5.11 Å². The molecule has 0 aliphatic carbocycles. The number of hydrogen-bond donors (Lipinski definition) is 3. The second-order valence-electron chi connectivity index (χ2n) is 4.27. The lowest BCUT2D eigenvalue weighted by molar-refractivity contribution is -0.131. The molecule has 0 spiro atoms. The Kier molecular flexibility index (Phi) is 4.13. The molecule has 0 aliphatic rings. The molecule has 21 heavy (non-hydrogen) atoms. The van der Waals surface area contributed by atoms with Gasteiger partial charge >= 0.3 is 5.97 Å². The Bertz CT molecular complexity index is 722. The van der Waals surface area contributed by atoms with E-state index >= 15 is 0 Å². The van der Waals surface area contributed by atoms with Crippen LogP contribution in [0.2, 0.25) is 0 Å². The summed E-state index contributed by atoms with van der Waals surface area (Å²) in [5.74, 6) is -2.20. The van der Waals surface area contributed by atoms with Crippen LogP contribution in [0.4, 0.5) is 10.1 Å². The van der Waals surface area contributed by atoms with E-state index in [0.29, 0.717) is 11.3 Å². The number of carboxylic acids is 1. The summed E-state index contributed by atoms with van der Waals surface area (Å²) in [6.45, 7) is 1.70. The van der Waals surface area contributed by atoms with Crippen LogP contribution in [0.1, 0.15) is 21.6 Å². The van der Waals surface area contributed by atoms with Crippen LogP contribution in [0.25, 0.3) is 6.08 Å². The summed E-state index contributed by atoms with van der Waals surface area (Å²) in [6, 6.07) is 3.99. The fourth-order valence-corrected chi connectivity index (χ4v) is 1.68. The zero-order valence-electron chi connectivity index (χ0n) is 11.1. The average molecular weight is 289 g/mol. The van der Waals surface area contributed by atoms with Gasteiger partial charge in [0.1, 0.15) is 5.82 Å². The Labute approximate surface area is 119 Å². The van der Waals surface area contributed by atoms with Gasteiger partial charge in [-0.1, -0.05) is 0 Å². The van der Waals surface area contributed by atoms with Crippen LogP contribution >= 0.6 is 0 Å². The number of benzene rings is 1. The molecular weight excluding hydrogens is 277 g/mol. The number of aromatic nitrogens is 2. The van der Waals surface area contributed by atoms with Crippen LogP contribution in [0, 0.1) is 12.7 Å². The van der Waals surface area contributed by atoms with Crippen LogP contribution in [0.3, 0.4) is 0 Å². The van der Waals surface area contributed by atoms with Crippen molar-refractivity contribution in [1.29, 1.82) is 0 Å². The van der Waals surface area contributed by atoms with Gasteiger partial charge in [0.2, 0.25) is 0 Å². The highest BCUT2D eigenvalue weighted by molar-refractivity contribution is 6.04. The van der Waals surface area contributed by atoms with Crippen molar-refractivity contribution in [2.24, 2.45) is 0 Å². The average Bonchev–Trinajstić information content (AvgIpc) is 2.84. The Morgan fingerprint density at radius 1 is 1.43 bits per heavy atom. The third-order valence-corrected chi connectivity index (χ3v) is 2.74. The van der Waals surface area contributed by atoms with Gasteiger partial charge in [-0.2, -0.15) is 5.10 Å². The third kappa shape index (κ3) is 3.53. The first kappa shape index (κ1) is 14.4. The standard InChI is InChI=1S/C14H12FN3O3/c1-8-11(7-16-18-8)14(21)17-10-4-2-9(12(15)6-10)3-5-13(19)20/h2-7H,1H3,(H,16,18)(H,17,21)(H,19,20). The van der Waals surface area contributed by atoms with Gasteiger partial charge in [0, 0.05) is 23.0 Å². The highest BCUT2D eigenvalue weighted by atomic mass is 19.1. The number of aryl methyl sites for hydroxylation is 1. The van der Waals surface area contributed by atoms with Crippen LogP contribution in [-0.2, 0) is 4.79 Å². The molecule has 0 unspecified atom stereocenters. The van der Waals surface area contributed by atoms with E-state index in [1.165, 1.54) is 18.3 Å². The number of anilines is 1. The van der Waals surface area contributed by atoms with E-state index in [9.17, 15) is 14.0 Å². The van der Waals surface area contributed by atoms with Crippen LogP contribution < -0.4 is 5.32 Å². The minimum atomic E-state index is -1.16. The van der Waals surface area contributed by atoms with Crippen molar-refractivity contribution in [3.05, 3.63) is 53.1 Å². The Balaban J connectivity index is 2.15. The predicted molar refractivity (Wildman–Crippen MR) is 74.3 cm³/mol. The second kappa shape index (κ2) is 6.00. The molecule has 3 N–H and O–H groups in total.